The van der Waals surface area contributed by atoms with Crippen molar-refractivity contribution in [3.63, 3.8) is 0 Å². The number of aryl methyl sites for hydroxylation is 1. The Morgan fingerprint density at radius 3 is 2.77 bits per heavy atom. The lowest BCUT2D eigenvalue weighted by molar-refractivity contribution is 0.378. The molecule has 0 radical (unpaired) electrons. The molecule has 0 spiro atoms. The first-order valence-corrected chi connectivity index (χ1v) is 6.66. The van der Waals surface area contributed by atoms with E-state index in [0.717, 1.165) is 16.9 Å². The van der Waals surface area contributed by atoms with Gasteiger partial charge in [0.25, 0.3) is 0 Å². The average molecular weight is 297 g/mol. The van der Waals surface area contributed by atoms with Crippen LogP contribution in [0.3, 0.4) is 0 Å². The van der Waals surface area contributed by atoms with Crippen LogP contribution in [0.25, 0.3) is 11.4 Å². The smallest absolute Gasteiger partial charge is 0.246 e. The monoisotopic (exact) mass is 297 g/mol. The molecule has 0 atom stereocenters. The zero-order valence-corrected chi connectivity index (χ0v) is 12.3. The molecule has 0 saturated carbocycles. The first kappa shape index (κ1) is 13.9. The standard InChI is InChI=1S/C14H15N7O/c1-9-7-17-14(15)19-13(9)21(2)8-11-18-12(20-22-11)10-3-5-16-6-4-10/h3-7H,8H2,1-2H3,(H2,15,17,19). The SMILES string of the molecule is Cc1cnc(N)nc1N(C)Cc1nc(-c2ccncc2)no1. The second-order valence-corrected chi connectivity index (χ2v) is 4.84. The molecule has 0 saturated heterocycles. The van der Waals surface area contributed by atoms with Crippen LogP contribution in [0.15, 0.2) is 35.2 Å². The van der Waals surface area contributed by atoms with E-state index in [1.54, 1.807) is 18.6 Å². The number of pyridine rings is 1. The maximum Gasteiger partial charge on any atom is 0.246 e. The molecule has 3 rings (SSSR count). The number of rotatable bonds is 4. The Labute approximate surface area is 127 Å². The van der Waals surface area contributed by atoms with Gasteiger partial charge in [-0.2, -0.15) is 9.97 Å². The number of nitrogens with zero attached hydrogens (tertiary/aromatic N) is 6. The van der Waals surface area contributed by atoms with Gasteiger partial charge < -0.3 is 15.2 Å². The van der Waals surface area contributed by atoms with Gasteiger partial charge in [-0.05, 0) is 19.1 Å². The largest absolute Gasteiger partial charge is 0.368 e. The van der Waals surface area contributed by atoms with Crippen LogP contribution >= 0.6 is 0 Å². The highest BCUT2D eigenvalue weighted by atomic mass is 16.5. The summed E-state index contributed by atoms with van der Waals surface area (Å²) < 4.78 is 5.28. The van der Waals surface area contributed by atoms with Crippen LogP contribution in [0.5, 0.6) is 0 Å². The molecular weight excluding hydrogens is 282 g/mol. The van der Waals surface area contributed by atoms with Crippen LogP contribution in [-0.4, -0.2) is 32.1 Å². The molecule has 3 aromatic heterocycles. The summed E-state index contributed by atoms with van der Waals surface area (Å²) in [7, 11) is 1.88. The lowest BCUT2D eigenvalue weighted by Crippen LogP contribution is -2.20. The van der Waals surface area contributed by atoms with Crippen LogP contribution < -0.4 is 10.6 Å². The van der Waals surface area contributed by atoms with Gasteiger partial charge in [0.2, 0.25) is 17.7 Å². The fraction of sp³-hybridized carbons (Fsp3) is 0.214. The molecule has 0 amide bonds. The quantitative estimate of drug-likeness (QED) is 0.771. The summed E-state index contributed by atoms with van der Waals surface area (Å²) in [6.07, 6.45) is 5.05. The van der Waals surface area contributed by atoms with Crippen LogP contribution in [0.2, 0.25) is 0 Å². The van der Waals surface area contributed by atoms with Crippen molar-refractivity contribution in [2.45, 2.75) is 13.5 Å². The summed E-state index contributed by atoms with van der Waals surface area (Å²) in [5, 5.41) is 3.98. The lowest BCUT2D eigenvalue weighted by atomic mass is 10.2. The lowest BCUT2D eigenvalue weighted by Gasteiger charge is -2.17. The minimum absolute atomic E-state index is 0.232. The topological polar surface area (TPSA) is 107 Å². The van der Waals surface area contributed by atoms with Gasteiger partial charge in [0.05, 0.1) is 6.54 Å². The summed E-state index contributed by atoms with van der Waals surface area (Å²) in [6.45, 7) is 2.34. The first-order valence-electron chi connectivity index (χ1n) is 6.66. The zero-order chi connectivity index (χ0) is 15.5. The Morgan fingerprint density at radius 2 is 2.00 bits per heavy atom. The molecule has 0 aliphatic rings. The molecule has 8 heteroatoms. The normalized spacial score (nSPS) is 10.6. The van der Waals surface area contributed by atoms with Crippen molar-refractivity contribution in [2.75, 3.05) is 17.7 Å². The van der Waals surface area contributed by atoms with E-state index in [2.05, 4.69) is 25.1 Å². The molecule has 0 unspecified atom stereocenters. The van der Waals surface area contributed by atoms with Gasteiger partial charge in [-0.1, -0.05) is 5.16 Å². The first-order chi connectivity index (χ1) is 10.6. The van der Waals surface area contributed by atoms with Crippen LogP contribution in [0.4, 0.5) is 11.8 Å². The molecule has 3 heterocycles. The number of aromatic nitrogens is 5. The molecule has 0 bridgehead atoms. The predicted octanol–water partition coefficient (Wildman–Crippen LogP) is 1.45. The highest BCUT2D eigenvalue weighted by molar-refractivity contribution is 5.53. The van der Waals surface area contributed by atoms with Crippen LogP contribution in [0, 0.1) is 6.92 Å². The molecule has 3 aromatic rings. The van der Waals surface area contributed by atoms with E-state index >= 15 is 0 Å². The van der Waals surface area contributed by atoms with Crippen LogP contribution in [0.1, 0.15) is 11.5 Å². The molecule has 0 aliphatic heterocycles. The Balaban J connectivity index is 1.79. The van der Waals surface area contributed by atoms with E-state index in [0.29, 0.717) is 18.3 Å². The minimum atomic E-state index is 0.232. The van der Waals surface area contributed by atoms with E-state index in [1.165, 1.54) is 0 Å². The number of nitrogens with two attached hydrogens (primary N) is 1. The molecular formula is C14H15N7O. The molecule has 112 valence electrons. The molecule has 22 heavy (non-hydrogen) atoms. The highest BCUT2D eigenvalue weighted by Crippen LogP contribution is 2.19. The molecule has 8 nitrogen and oxygen atoms in total. The summed E-state index contributed by atoms with van der Waals surface area (Å²) >= 11 is 0. The fourth-order valence-electron chi connectivity index (χ4n) is 2.05. The van der Waals surface area contributed by atoms with Crippen molar-refractivity contribution in [3.8, 4) is 11.4 Å². The Morgan fingerprint density at radius 1 is 1.23 bits per heavy atom. The van der Waals surface area contributed by atoms with Crippen LogP contribution in [-0.2, 0) is 6.54 Å². The van der Waals surface area contributed by atoms with Gasteiger partial charge in [0, 0.05) is 36.8 Å². The molecule has 0 fully saturated rings. The van der Waals surface area contributed by atoms with Gasteiger partial charge in [-0.15, -0.1) is 0 Å². The summed E-state index contributed by atoms with van der Waals surface area (Å²) in [6, 6.07) is 3.65. The maximum atomic E-state index is 5.63. The Kier molecular flexibility index (Phi) is 3.65. The van der Waals surface area contributed by atoms with E-state index in [-0.39, 0.29) is 5.95 Å². The average Bonchev–Trinajstić information content (AvgIpc) is 2.99. The Hall–Kier alpha value is -3.03. The van der Waals surface area contributed by atoms with E-state index in [4.69, 9.17) is 10.3 Å². The third-order valence-electron chi connectivity index (χ3n) is 3.10. The van der Waals surface area contributed by atoms with Gasteiger partial charge in [-0.25, -0.2) is 4.98 Å². The van der Waals surface area contributed by atoms with Gasteiger partial charge >= 0.3 is 0 Å². The van der Waals surface area contributed by atoms with Crippen molar-refractivity contribution in [1.29, 1.82) is 0 Å². The van der Waals surface area contributed by atoms with Gasteiger partial charge in [-0.3, -0.25) is 4.98 Å². The fourth-order valence-corrected chi connectivity index (χ4v) is 2.05. The number of hydrogen-bond acceptors (Lipinski definition) is 8. The second kappa shape index (κ2) is 5.76. The second-order valence-electron chi connectivity index (χ2n) is 4.84. The van der Waals surface area contributed by atoms with E-state index in [1.807, 2.05) is 31.0 Å². The minimum Gasteiger partial charge on any atom is -0.368 e. The summed E-state index contributed by atoms with van der Waals surface area (Å²) in [5.41, 5.74) is 7.41. The third-order valence-corrected chi connectivity index (χ3v) is 3.10. The number of nitrogen functional groups attached to an aromatic ring is 1. The molecule has 0 aliphatic carbocycles. The Bertz CT molecular complexity index is 772. The maximum absolute atomic E-state index is 5.63. The summed E-state index contributed by atoms with van der Waals surface area (Å²) in [4.78, 5) is 18.4. The zero-order valence-electron chi connectivity index (χ0n) is 12.3. The molecule has 0 aromatic carbocycles. The third kappa shape index (κ3) is 2.85. The van der Waals surface area contributed by atoms with Crippen molar-refractivity contribution < 1.29 is 4.52 Å². The van der Waals surface area contributed by atoms with Crippen molar-refractivity contribution in [1.82, 2.24) is 25.1 Å². The predicted molar refractivity (Wildman–Crippen MR) is 80.8 cm³/mol. The van der Waals surface area contributed by atoms with Crippen molar-refractivity contribution >= 4 is 11.8 Å². The van der Waals surface area contributed by atoms with Gasteiger partial charge in [0.15, 0.2) is 0 Å². The van der Waals surface area contributed by atoms with Gasteiger partial charge in [0.1, 0.15) is 5.82 Å². The molecule has 2 N–H and O–H groups in total. The summed E-state index contributed by atoms with van der Waals surface area (Å²) in [5.74, 6) is 1.99. The number of hydrogen-bond donors (Lipinski definition) is 1. The highest BCUT2D eigenvalue weighted by Gasteiger charge is 2.13. The van der Waals surface area contributed by atoms with E-state index < -0.39 is 0 Å². The number of anilines is 2. The van der Waals surface area contributed by atoms with Crippen molar-refractivity contribution in [3.05, 3.63) is 42.2 Å². The van der Waals surface area contributed by atoms with Crippen molar-refractivity contribution in [2.24, 2.45) is 0 Å². The van der Waals surface area contributed by atoms with E-state index in [9.17, 15) is 0 Å².